The summed E-state index contributed by atoms with van der Waals surface area (Å²) in [5.41, 5.74) is 7.37. The van der Waals surface area contributed by atoms with E-state index < -0.39 is 0 Å². The first-order valence-corrected chi connectivity index (χ1v) is 9.86. The molecule has 0 bridgehead atoms. The molecule has 1 fully saturated rings. The number of primary amides is 1. The Balaban J connectivity index is 1.39. The van der Waals surface area contributed by atoms with Gasteiger partial charge in [0.1, 0.15) is 5.82 Å². The highest BCUT2D eigenvalue weighted by atomic mass is 16.2. The number of aromatic nitrogens is 2. The van der Waals surface area contributed by atoms with Crippen molar-refractivity contribution in [1.82, 2.24) is 24.7 Å². The second-order valence-corrected chi connectivity index (χ2v) is 7.54. The van der Waals surface area contributed by atoms with E-state index in [0.717, 1.165) is 55.8 Å². The van der Waals surface area contributed by atoms with Gasteiger partial charge in [0.25, 0.3) is 0 Å². The molecule has 152 valence electrons. The predicted octanol–water partition coefficient (Wildman–Crippen LogP) is 1.30. The lowest BCUT2D eigenvalue weighted by atomic mass is 9.96. The van der Waals surface area contributed by atoms with Crippen molar-refractivity contribution in [2.45, 2.75) is 25.8 Å². The Morgan fingerprint density at radius 2 is 2.00 bits per heavy atom. The van der Waals surface area contributed by atoms with Crippen LogP contribution in [0.2, 0.25) is 0 Å². The van der Waals surface area contributed by atoms with Crippen LogP contribution in [0.4, 0.5) is 4.79 Å². The molecule has 2 heterocycles. The average Bonchev–Trinajstić information content (AvgIpc) is 3.01. The summed E-state index contributed by atoms with van der Waals surface area (Å²) in [7, 11) is 3.75. The number of hydrogen-bond donors (Lipinski definition) is 2. The number of imidazole rings is 1. The van der Waals surface area contributed by atoms with E-state index in [0.29, 0.717) is 13.1 Å². The first-order chi connectivity index (χ1) is 13.5. The third-order valence-corrected chi connectivity index (χ3v) is 5.52. The van der Waals surface area contributed by atoms with Gasteiger partial charge in [-0.1, -0.05) is 12.1 Å². The van der Waals surface area contributed by atoms with Crippen molar-refractivity contribution in [3.63, 3.8) is 0 Å². The van der Waals surface area contributed by atoms with Crippen LogP contribution >= 0.6 is 0 Å². The molecule has 28 heavy (non-hydrogen) atoms. The number of aryl methyl sites for hydroxylation is 1. The zero-order valence-corrected chi connectivity index (χ0v) is 16.7. The van der Waals surface area contributed by atoms with Crippen molar-refractivity contribution in [2.24, 2.45) is 18.7 Å². The summed E-state index contributed by atoms with van der Waals surface area (Å²) >= 11 is 0. The van der Waals surface area contributed by atoms with Gasteiger partial charge in [-0.3, -0.25) is 4.79 Å². The Kier molecular flexibility index (Phi) is 6.51. The number of urea groups is 1. The molecule has 1 saturated heterocycles. The Labute approximate surface area is 165 Å². The van der Waals surface area contributed by atoms with Gasteiger partial charge in [0.05, 0.1) is 17.6 Å². The lowest BCUT2D eigenvalue weighted by Crippen LogP contribution is -2.41. The van der Waals surface area contributed by atoms with Crippen molar-refractivity contribution in [3.8, 4) is 0 Å². The van der Waals surface area contributed by atoms with E-state index in [1.807, 2.05) is 35.9 Å². The standard InChI is InChI=1S/C20H30N6O2/c1-24(14-18-23-16-6-3-4-7-17(16)25(18)2)20(28)22-10-5-11-26-12-8-15(9-13-26)19(21)27/h3-4,6-7,15H,5,8-14H2,1-2H3,(H2,21,27)(H,22,28). The quantitative estimate of drug-likeness (QED) is 0.701. The van der Waals surface area contributed by atoms with Crippen LogP contribution in [0.15, 0.2) is 24.3 Å². The molecular weight excluding hydrogens is 356 g/mol. The fourth-order valence-electron chi connectivity index (χ4n) is 3.69. The zero-order chi connectivity index (χ0) is 20.1. The molecule has 0 aliphatic carbocycles. The molecule has 0 radical (unpaired) electrons. The van der Waals surface area contributed by atoms with Gasteiger partial charge in [0.15, 0.2) is 0 Å². The van der Waals surface area contributed by atoms with Crippen LogP contribution in [0.25, 0.3) is 11.0 Å². The molecule has 3 N–H and O–H groups in total. The number of nitrogens with two attached hydrogens (primary N) is 1. The lowest BCUT2D eigenvalue weighted by molar-refractivity contribution is -0.123. The Bertz CT molecular complexity index is 825. The van der Waals surface area contributed by atoms with E-state index in [9.17, 15) is 9.59 Å². The third-order valence-electron chi connectivity index (χ3n) is 5.52. The summed E-state index contributed by atoms with van der Waals surface area (Å²) in [6.45, 7) is 3.79. The van der Waals surface area contributed by atoms with Gasteiger partial charge in [-0.05, 0) is 51.0 Å². The van der Waals surface area contributed by atoms with Crippen molar-refractivity contribution < 1.29 is 9.59 Å². The van der Waals surface area contributed by atoms with Gasteiger partial charge >= 0.3 is 6.03 Å². The zero-order valence-electron chi connectivity index (χ0n) is 16.7. The maximum absolute atomic E-state index is 12.4. The number of fused-ring (bicyclic) bond motifs is 1. The number of benzene rings is 1. The first-order valence-electron chi connectivity index (χ1n) is 9.86. The van der Waals surface area contributed by atoms with Gasteiger partial charge in [0.2, 0.25) is 5.91 Å². The average molecular weight is 387 g/mol. The number of carbonyl (C=O) groups is 2. The Hall–Kier alpha value is -2.61. The fraction of sp³-hybridized carbons (Fsp3) is 0.550. The fourth-order valence-corrected chi connectivity index (χ4v) is 3.69. The second kappa shape index (κ2) is 9.05. The van der Waals surface area contributed by atoms with E-state index in [2.05, 4.69) is 15.2 Å². The van der Waals surface area contributed by atoms with Crippen molar-refractivity contribution in [3.05, 3.63) is 30.1 Å². The smallest absolute Gasteiger partial charge is 0.317 e. The molecule has 0 saturated carbocycles. The normalized spacial score (nSPS) is 15.6. The molecule has 0 atom stereocenters. The van der Waals surface area contributed by atoms with Crippen LogP contribution in [0.1, 0.15) is 25.1 Å². The van der Waals surface area contributed by atoms with Crippen LogP contribution < -0.4 is 11.1 Å². The van der Waals surface area contributed by atoms with E-state index in [1.165, 1.54) is 0 Å². The minimum absolute atomic E-state index is 0.0207. The molecule has 0 unspecified atom stereocenters. The number of nitrogens with one attached hydrogen (secondary N) is 1. The maximum Gasteiger partial charge on any atom is 0.317 e. The minimum atomic E-state index is -0.185. The summed E-state index contributed by atoms with van der Waals surface area (Å²) in [6.07, 6.45) is 2.55. The van der Waals surface area contributed by atoms with E-state index in [-0.39, 0.29) is 17.9 Å². The number of amides is 3. The molecule has 0 spiro atoms. The number of hydrogen-bond acceptors (Lipinski definition) is 4. The van der Waals surface area contributed by atoms with Crippen molar-refractivity contribution in [2.75, 3.05) is 33.2 Å². The van der Waals surface area contributed by atoms with Crippen molar-refractivity contribution in [1.29, 1.82) is 0 Å². The van der Waals surface area contributed by atoms with Gasteiger partial charge < -0.3 is 25.4 Å². The largest absolute Gasteiger partial charge is 0.369 e. The van der Waals surface area contributed by atoms with Gasteiger partial charge in [-0.25, -0.2) is 9.78 Å². The maximum atomic E-state index is 12.4. The number of carbonyl (C=O) groups excluding carboxylic acids is 2. The number of para-hydroxylation sites is 2. The minimum Gasteiger partial charge on any atom is -0.369 e. The molecule has 1 aliphatic heterocycles. The summed E-state index contributed by atoms with van der Waals surface area (Å²) in [6, 6.07) is 7.86. The number of likely N-dealkylation sites (tertiary alicyclic amines) is 1. The highest BCUT2D eigenvalue weighted by Crippen LogP contribution is 2.17. The van der Waals surface area contributed by atoms with Gasteiger partial charge in [-0.2, -0.15) is 0 Å². The molecule has 3 rings (SSSR count). The molecule has 2 aromatic rings. The molecule has 8 heteroatoms. The van der Waals surface area contributed by atoms with Crippen LogP contribution in [0, 0.1) is 5.92 Å². The van der Waals surface area contributed by atoms with Crippen LogP contribution in [0.5, 0.6) is 0 Å². The lowest BCUT2D eigenvalue weighted by Gasteiger charge is -2.30. The van der Waals surface area contributed by atoms with Gasteiger partial charge in [-0.15, -0.1) is 0 Å². The van der Waals surface area contributed by atoms with E-state index >= 15 is 0 Å². The molecular formula is C20H30N6O2. The van der Waals surface area contributed by atoms with Gasteiger partial charge in [0, 0.05) is 26.6 Å². The second-order valence-electron chi connectivity index (χ2n) is 7.54. The summed E-state index contributed by atoms with van der Waals surface area (Å²) in [4.78, 5) is 32.2. The summed E-state index contributed by atoms with van der Waals surface area (Å²) in [5, 5.41) is 2.97. The molecule has 1 aromatic carbocycles. The third kappa shape index (κ3) is 4.81. The topological polar surface area (TPSA) is 96.5 Å². The van der Waals surface area contributed by atoms with E-state index in [1.54, 1.807) is 11.9 Å². The van der Waals surface area contributed by atoms with Crippen LogP contribution in [0.3, 0.4) is 0 Å². The molecule has 8 nitrogen and oxygen atoms in total. The molecule has 3 amide bonds. The van der Waals surface area contributed by atoms with E-state index in [4.69, 9.17) is 5.73 Å². The Morgan fingerprint density at radius 1 is 1.29 bits per heavy atom. The SMILES string of the molecule is CN(Cc1nc2ccccc2n1C)C(=O)NCCCN1CCC(C(N)=O)CC1. The number of nitrogens with zero attached hydrogens (tertiary/aromatic N) is 4. The number of rotatable bonds is 7. The highest BCUT2D eigenvalue weighted by Gasteiger charge is 2.22. The molecule has 1 aromatic heterocycles. The van der Waals surface area contributed by atoms with Crippen LogP contribution in [-0.2, 0) is 18.4 Å². The van der Waals surface area contributed by atoms with Crippen LogP contribution in [-0.4, -0.2) is 64.5 Å². The molecule has 1 aliphatic rings. The first kappa shape index (κ1) is 20.1. The predicted molar refractivity (Wildman–Crippen MR) is 109 cm³/mol. The summed E-state index contributed by atoms with van der Waals surface area (Å²) < 4.78 is 2.02. The highest BCUT2D eigenvalue weighted by molar-refractivity contribution is 5.77. The Morgan fingerprint density at radius 3 is 2.68 bits per heavy atom. The summed E-state index contributed by atoms with van der Waals surface area (Å²) in [5.74, 6) is 0.694. The van der Waals surface area contributed by atoms with Crippen molar-refractivity contribution >= 4 is 23.0 Å². The monoisotopic (exact) mass is 386 g/mol. The number of piperidine rings is 1.